The minimum absolute atomic E-state index is 0.0675. The van der Waals surface area contributed by atoms with Gasteiger partial charge in [0.25, 0.3) is 0 Å². The third-order valence-electron chi connectivity index (χ3n) is 4.91. The molecule has 1 rings (SSSR count). The van der Waals surface area contributed by atoms with Gasteiger partial charge >= 0.3 is 0 Å². The van der Waals surface area contributed by atoms with Gasteiger partial charge in [0.15, 0.2) is 0 Å². The van der Waals surface area contributed by atoms with Crippen molar-refractivity contribution in [3.05, 3.63) is 12.2 Å². The van der Waals surface area contributed by atoms with Crippen molar-refractivity contribution in [3.63, 3.8) is 0 Å². The summed E-state index contributed by atoms with van der Waals surface area (Å²) in [6.07, 6.45) is 14.7. The monoisotopic (exact) mass is 372 g/mol. The number of allylic oxidation sites excluding steroid dienone is 2. The summed E-state index contributed by atoms with van der Waals surface area (Å²) in [7, 11) is 0. The molecule has 0 radical (unpaired) electrons. The Bertz CT molecular complexity index is 347. The van der Waals surface area contributed by atoms with Crippen molar-refractivity contribution in [1.82, 2.24) is 0 Å². The molecule has 5 nitrogen and oxygen atoms in total. The maximum atomic E-state index is 9.92. The molecule has 1 fully saturated rings. The van der Waals surface area contributed by atoms with E-state index in [2.05, 4.69) is 19.1 Å². The van der Waals surface area contributed by atoms with Gasteiger partial charge in [-0.2, -0.15) is 0 Å². The smallest absolute Gasteiger partial charge is 0.114 e. The standard InChI is InChI=1S/C21H40O5/c1-2-3-4-5-6-7-8-9-10-11-12-13-14-15-25-16-19(23)21-20(24)18(22)17-26-21/h5-6,18-24H,2-4,7-17H2,1H3/b6-5+/t18-,19+,20-,21-/m1/s1. The summed E-state index contributed by atoms with van der Waals surface area (Å²) in [6.45, 7) is 3.05. The van der Waals surface area contributed by atoms with Crippen molar-refractivity contribution < 1.29 is 24.8 Å². The van der Waals surface area contributed by atoms with Crippen LogP contribution in [-0.4, -0.2) is 59.6 Å². The molecule has 1 heterocycles. The van der Waals surface area contributed by atoms with E-state index in [1.165, 1.54) is 57.8 Å². The summed E-state index contributed by atoms with van der Waals surface area (Å²) in [5.74, 6) is 0. The molecule has 4 atom stereocenters. The lowest BCUT2D eigenvalue weighted by Gasteiger charge is -2.20. The van der Waals surface area contributed by atoms with E-state index >= 15 is 0 Å². The van der Waals surface area contributed by atoms with E-state index in [0.717, 1.165) is 12.8 Å². The second-order valence-electron chi connectivity index (χ2n) is 7.38. The van der Waals surface area contributed by atoms with Crippen LogP contribution in [0.2, 0.25) is 0 Å². The molecule has 1 saturated heterocycles. The van der Waals surface area contributed by atoms with Gasteiger partial charge in [-0.05, 0) is 25.7 Å². The maximum Gasteiger partial charge on any atom is 0.114 e. The van der Waals surface area contributed by atoms with Crippen LogP contribution in [0.1, 0.15) is 77.6 Å². The molecule has 26 heavy (non-hydrogen) atoms. The Labute approximate surface area is 159 Å². The van der Waals surface area contributed by atoms with Crippen LogP contribution in [0, 0.1) is 0 Å². The SMILES string of the molecule is CCCC/C=C/CCCCCCCCCOC[C@H](O)[C@H]1OC[C@@H](O)[C@H]1O. The number of rotatable bonds is 16. The lowest BCUT2D eigenvalue weighted by atomic mass is 10.1. The number of ether oxygens (including phenoxy) is 2. The Balaban J connectivity index is 1.81. The van der Waals surface area contributed by atoms with Crippen molar-refractivity contribution in [2.24, 2.45) is 0 Å². The highest BCUT2D eigenvalue weighted by Crippen LogP contribution is 2.18. The molecule has 0 saturated carbocycles. The summed E-state index contributed by atoms with van der Waals surface area (Å²) in [6, 6.07) is 0. The van der Waals surface area contributed by atoms with Crippen LogP contribution in [0.3, 0.4) is 0 Å². The van der Waals surface area contributed by atoms with Crippen LogP contribution in [-0.2, 0) is 9.47 Å². The Hall–Kier alpha value is -0.460. The molecule has 0 spiro atoms. The van der Waals surface area contributed by atoms with Crippen molar-refractivity contribution in [2.75, 3.05) is 19.8 Å². The molecular weight excluding hydrogens is 332 g/mol. The summed E-state index contributed by atoms with van der Waals surface area (Å²) in [5, 5.41) is 29.0. The largest absolute Gasteiger partial charge is 0.388 e. The second-order valence-corrected chi connectivity index (χ2v) is 7.38. The van der Waals surface area contributed by atoms with Crippen LogP contribution >= 0.6 is 0 Å². The van der Waals surface area contributed by atoms with Crippen LogP contribution in [0.5, 0.6) is 0 Å². The zero-order chi connectivity index (χ0) is 19.0. The first kappa shape index (κ1) is 23.6. The lowest BCUT2D eigenvalue weighted by Crippen LogP contribution is -2.40. The molecular formula is C21H40O5. The minimum Gasteiger partial charge on any atom is -0.388 e. The number of hydrogen-bond acceptors (Lipinski definition) is 5. The van der Waals surface area contributed by atoms with E-state index in [1.807, 2.05) is 0 Å². The average molecular weight is 373 g/mol. The first-order valence-corrected chi connectivity index (χ1v) is 10.5. The Morgan fingerprint density at radius 2 is 1.58 bits per heavy atom. The highest BCUT2D eigenvalue weighted by atomic mass is 16.5. The number of unbranched alkanes of at least 4 members (excludes halogenated alkanes) is 9. The molecule has 1 aliphatic rings. The zero-order valence-corrected chi connectivity index (χ0v) is 16.5. The molecule has 0 aromatic rings. The van der Waals surface area contributed by atoms with Gasteiger partial charge in [0.05, 0.1) is 13.2 Å². The van der Waals surface area contributed by atoms with Crippen molar-refractivity contribution in [2.45, 2.75) is 102 Å². The predicted molar refractivity (Wildman–Crippen MR) is 104 cm³/mol. The fraction of sp³-hybridized carbons (Fsp3) is 0.905. The first-order valence-electron chi connectivity index (χ1n) is 10.5. The first-order chi connectivity index (χ1) is 12.7. The molecule has 0 aliphatic carbocycles. The van der Waals surface area contributed by atoms with E-state index in [-0.39, 0.29) is 13.2 Å². The van der Waals surface area contributed by atoms with Gasteiger partial charge < -0.3 is 24.8 Å². The molecule has 0 unspecified atom stereocenters. The molecule has 3 N–H and O–H groups in total. The van der Waals surface area contributed by atoms with Gasteiger partial charge in [0.2, 0.25) is 0 Å². The topological polar surface area (TPSA) is 79.2 Å². The molecule has 0 amide bonds. The van der Waals surface area contributed by atoms with Gasteiger partial charge in [-0.15, -0.1) is 0 Å². The molecule has 0 bridgehead atoms. The van der Waals surface area contributed by atoms with E-state index < -0.39 is 24.4 Å². The minimum atomic E-state index is -1.03. The number of hydrogen-bond donors (Lipinski definition) is 3. The summed E-state index contributed by atoms with van der Waals surface area (Å²) >= 11 is 0. The van der Waals surface area contributed by atoms with Gasteiger partial charge in [-0.3, -0.25) is 0 Å². The number of aliphatic hydroxyl groups excluding tert-OH is 3. The van der Waals surface area contributed by atoms with Gasteiger partial charge in [-0.25, -0.2) is 0 Å². The van der Waals surface area contributed by atoms with Crippen molar-refractivity contribution in [1.29, 1.82) is 0 Å². The molecule has 1 aliphatic heterocycles. The summed E-state index contributed by atoms with van der Waals surface area (Å²) < 4.78 is 10.6. The maximum absolute atomic E-state index is 9.92. The van der Waals surface area contributed by atoms with Crippen LogP contribution in [0.4, 0.5) is 0 Å². The Morgan fingerprint density at radius 3 is 2.19 bits per heavy atom. The third-order valence-corrected chi connectivity index (χ3v) is 4.91. The highest BCUT2D eigenvalue weighted by molar-refractivity contribution is 4.87. The number of aliphatic hydroxyl groups is 3. The van der Waals surface area contributed by atoms with Gasteiger partial charge in [0, 0.05) is 6.61 Å². The molecule has 5 heteroatoms. The molecule has 154 valence electrons. The summed E-state index contributed by atoms with van der Waals surface area (Å²) in [5.41, 5.74) is 0. The van der Waals surface area contributed by atoms with Gasteiger partial charge in [-0.1, -0.05) is 64.0 Å². The third kappa shape index (κ3) is 10.6. The van der Waals surface area contributed by atoms with Crippen molar-refractivity contribution in [3.8, 4) is 0 Å². The van der Waals surface area contributed by atoms with E-state index in [1.54, 1.807) is 0 Å². The van der Waals surface area contributed by atoms with Crippen LogP contribution in [0.25, 0.3) is 0 Å². The van der Waals surface area contributed by atoms with E-state index in [0.29, 0.717) is 6.61 Å². The normalized spacial score (nSPS) is 24.5. The Morgan fingerprint density at radius 1 is 0.962 bits per heavy atom. The van der Waals surface area contributed by atoms with E-state index in [9.17, 15) is 15.3 Å². The molecule has 0 aromatic heterocycles. The van der Waals surface area contributed by atoms with Crippen LogP contribution < -0.4 is 0 Å². The van der Waals surface area contributed by atoms with Crippen LogP contribution in [0.15, 0.2) is 12.2 Å². The highest BCUT2D eigenvalue weighted by Gasteiger charge is 2.39. The average Bonchev–Trinajstić information content (AvgIpc) is 2.97. The van der Waals surface area contributed by atoms with E-state index in [4.69, 9.17) is 9.47 Å². The second kappa shape index (κ2) is 15.6. The lowest BCUT2D eigenvalue weighted by molar-refractivity contribution is -0.0813. The zero-order valence-electron chi connectivity index (χ0n) is 16.5. The Kier molecular flexibility index (Phi) is 14.1. The molecule has 0 aromatic carbocycles. The van der Waals surface area contributed by atoms with Crippen molar-refractivity contribution >= 4 is 0 Å². The van der Waals surface area contributed by atoms with Gasteiger partial charge in [0.1, 0.15) is 24.4 Å². The summed E-state index contributed by atoms with van der Waals surface area (Å²) in [4.78, 5) is 0. The quantitative estimate of drug-likeness (QED) is 0.286. The fourth-order valence-corrected chi connectivity index (χ4v) is 3.17. The predicted octanol–water partition coefficient (Wildman–Crippen LogP) is 3.35. The fourth-order valence-electron chi connectivity index (χ4n) is 3.17.